The number of rotatable bonds is 3. The zero-order valence-electron chi connectivity index (χ0n) is 7.83. The number of hydrogen-bond donors (Lipinski definition) is 0. The fraction of sp³-hybridized carbons (Fsp3) is 0.200. The number of Topliss-reactive ketones (excluding diaryl/α,β-unsaturated/α-hetero) is 1. The molecule has 78 valence electrons. The molecule has 1 rings (SSSR count). The summed E-state index contributed by atoms with van der Waals surface area (Å²) >= 11 is 12.0. The Labute approximate surface area is 102 Å². The molecule has 0 radical (unpaired) electrons. The molecule has 0 aliphatic heterocycles. The van der Waals surface area contributed by atoms with Crippen LogP contribution in [-0.2, 0) is 0 Å². The van der Waals surface area contributed by atoms with Crippen molar-refractivity contribution in [2.45, 2.75) is 10.6 Å². The molecule has 0 spiro atoms. The summed E-state index contributed by atoms with van der Waals surface area (Å²) in [5.41, 5.74) is 1.43. The molecule has 0 N–H and O–H groups in total. The molecule has 2 nitrogen and oxygen atoms in total. The highest BCUT2D eigenvalue weighted by molar-refractivity contribution is 8.08. The third-order valence-electron chi connectivity index (χ3n) is 1.75. The second kappa shape index (κ2) is 4.89. The Hall–Kier alpha value is -0.690. The van der Waals surface area contributed by atoms with E-state index in [-0.39, 0.29) is 0 Å². The summed E-state index contributed by atoms with van der Waals surface area (Å²) in [6.45, 7) is 1.91. The van der Waals surface area contributed by atoms with Crippen molar-refractivity contribution in [1.29, 1.82) is 5.26 Å². The van der Waals surface area contributed by atoms with Crippen LogP contribution >= 0.6 is 35.0 Å². The van der Waals surface area contributed by atoms with Crippen molar-refractivity contribution >= 4 is 40.7 Å². The number of benzene rings is 1. The normalized spacial score (nSPS) is 10.8. The highest BCUT2D eigenvalue weighted by Gasteiger charge is 2.35. The smallest absolute Gasteiger partial charge is 0.238 e. The predicted molar refractivity (Wildman–Crippen MR) is 63.2 cm³/mol. The van der Waals surface area contributed by atoms with Crippen LogP contribution in [0.15, 0.2) is 24.3 Å². The molecule has 0 fully saturated rings. The van der Waals surface area contributed by atoms with Crippen LogP contribution in [0.3, 0.4) is 0 Å². The standard InChI is InChI=1S/C10H7Cl2NOS/c1-7-2-4-8(5-3-7)9(14)10(11,12)15-6-13/h2-5H,1H3. The van der Waals surface area contributed by atoms with Crippen molar-refractivity contribution in [3.05, 3.63) is 35.4 Å². The molecule has 0 unspecified atom stereocenters. The average Bonchev–Trinajstić information content (AvgIpc) is 2.18. The number of carbonyl (C=O) groups excluding carboxylic acids is 1. The number of ketones is 1. The number of alkyl halides is 2. The molecule has 1 aromatic rings. The number of thioether (sulfide) groups is 1. The second-order valence-corrected chi connectivity index (χ2v) is 5.68. The predicted octanol–water partition coefficient (Wildman–Crippen LogP) is 3.52. The van der Waals surface area contributed by atoms with Crippen LogP contribution in [0.25, 0.3) is 0 Å². The Kier molecular flexibility index (Phi) is 4.04. The minimum atomic E-state index is -1.73. The van der Waals surface area contributed by atoms with Crippen LogP contribution < -0.4 is 0 Å². The summed E-state index contributed by atoms with van der Waals surface area (Å²) in [6, 6.07) is 6.84. The summed E-state index contributed by atoms with van der Waals surface area (Å²) in [4.78, 5) is 11.7. The summed E-state index contributed by atoms with van der Waals surface area (Å²) in [5.74, 6) is -0.475. The average molecular weight is 260 g/mol. The third-order valence-corrected chi connectivity index (χ3v) is 3.09. The fourth-order valence-electron chi connectivity index (χ4n) is 0.977. The molecule has 0 amide bonds. The lowest BCUT2D eigenvalue weighted by Gasteiger charge is -2.12. The largest absolute Gasteiger partial charge is 0.290 e. The maximum absolute atomic E-state index is 11.7. The molecule has 0 saturated heterocycles. The summed E-state index contributed by atoms with van der Waals surface area (Å²) in [5, 5.41) is 10.1. The molecule has 15 heavy (non-hydrogen) atoms. The van der Waals surface area contributed by atoms with Crippen molar-refractivity contribution in [3.63, 3.8) is 0 Å². The van der Waals surface area contributed by atoms with Gasteiger partial charge in [-0.05, 0) is 6.92 Å². The molecule has 0 saturated carbocycles. The number of nitrogens with zero attached hydrogens (tertiary/aromatic N) is 1. The summed E-state index contributed by atoms with van der Waals surface area (Å²) in [6.07, 6.45) is 0. The van der Waals surface area contributed by atoms with E-state index in [1.54, 1.807) is 29.7 Å². The fourth-order valence-corrected chi connectivity index (χ4v) is 1.73. The molecule has 0 aromatic heterocycles. The van der Waals surface area contributed by atoms with Gasteiger partial charge in [0.05, 0.1) is 0 Å². The molecular weight excluding hydrogens is 253 g/mol. The molecule has 0 bridgehead atoms. The Bertz CT molecular complexity index is 408. The van der Waals surface area contributed by atoms with Gasteiger partial charge in [0.2, 0.25) is 9.45 Å². The first-order valence-electron chi connectivity index (χ1n) is 4.04. The second-order valence-electron chi connectivity index (χ2n) is 2.91. The lowest BCUT2D eigenvalue weighted by molar-refractivity contribution is 0.0998. The van der Waals surface area contributed by atoms with E-state index in [4.69, 9.17) is 28.5 Å². The van der Waals surface area contributed by atoms with E-state index < -0.39 is 9.45 Å². The maximum Gasteiger partial charge on any atom is 0.238 e. The van der Waals surface area contributed by atoms with Gasteiger partial charge < -0.3 is 0 Å². The van der Waals surface area contributed by atoms with Crippen molar-refractivity contribution in [2.24, 2.45) is 0 Å². The highest BCUT2D eigenvalue weighted by atomic mass is 35.5. The highest BCUT2D eigenvalue weighted by Crippen LogP contribution is 2.37. The summed E-state index contributed by atoms with van der Waals surface area (Å²) < 4.78 is -1.73. The van der Waals surface area contributed by atoms with Crippen molar-refractivity contribution < 1.29 is 4.79 Å². The van der Waals surface area contributed by atoms with E-state index in [0.29, 0.717) is 17.3 Å². The molecule has 0 aliphatic rings. The van der Waals surface area contributed by atoms with Crippen LogP contribution in [0.4, 0.5) is 0 Å². The Balaban J connectivity index is 2.95. The van der Waals surface area contributed by atoms with Crippen LogP contribution in [0.2, 0.25) is 0 Å². The van der Waals surface area contributed by atoms with E-state index in [2.05, 4.69) is 0 Å². The SMILES string of the molecule is Cc1ccc(C(=O)C(Cl)(Cl)SC#N)cc1. The van der Waals surface area contributed by atoms with Crippen LogP contribution in [0.5, 0.6) is 0 Å². The minimum absolute atomic E-state index is 0.397. The number of halogens is 2. The molecule has 1 aromatic carbocycles. The van der Waals surface area contributed by atoms with E-state index in [1.165, 1.54) is 0 Å². The first-order chi connectivity index (χ1) is 6.97. The number of nitriles is 1. The Morgan fingerprint density at radius 3 is 2.40 bits per heavy atom. The quantitative estimate of drug-likeness (QED) is 0.474. The Morgan fingerprint density at radius 1 is 1.40 bits per heavy atom. The number of aryl methyl sites for hydroxylation is 1. The van der Waals surface area contributed by atoms with Crippen molar-refractivity contribution in [2.75, 3.05) is 0 Å². The van der Waals surface area contributed by atoms with E-state index >= 15 is 0 Å². The third kappa shape index (κ3) is 3.13. The molecule has 0 aliphatic carbocycles. The van der Waals surface area contributed by atoms with Gasteiger partial charge in [-0.15, -0.1) is 0 Å². The lowest BCUT2D eigenvalue weighted by atomic mass is 10.1. The Morgan fingerprint density at radius 2 is 1.93 bits per heavy atom. The monoisotopic (exact) mass is 259 g/mol. The van der Waals surface area contributed by atoms with Gasteiger partial charge >= 0.3 is 0 Å². The zero-order chi connectivity index (χ0) is 11.5. The first-order valence-corrected chi connectivity index (χ1v) is 5.61. The van der Waals surface area contributed by atoms with Crippen LogP contribution in [0, 0.1) is 17.6 Å². The lowest BCUT2D eigenvalue weighted by Crippen LogP contribution is -2.21. The summed E-state index contributed by atoms with van der Waals surface area (Å²) in [7, 11) is 0. The van der Waals surface area contributed by atoms with Gasteiger partial charge in [-0.1, -0.05) is 53.0 Å². The van der Waals surface area contributed by atoms with E-state index in [9.17, 15) is 4.79 Å². The topological polar surface area (TPSA) is 40.9 Å². The van der Waals surface area contributed by atoms with Gasteiger partial charge in [0.25, 0.3) is 0 Å². The molecular formula is C10H7Cl2NOS. The number of thiocyanates is 1. The molecule has 0 atom stereocenters. The van der Waals surface area contributed by atoms with Crippen LogP contribution in [0.1, 0.15) is 15.9 Å². The van der Waals surface area contributed by atoms with Crippen LogP contribution in [-0.4, -0.2) is 9.45 Å². The van der Waals surface area contributed by atoms with Crippen molar-refractivity contribution in [1.82, 2.24) is 0 Å². The van der Waals surface area contributed by atoms with E-state index in [0.717, 1.165) is 5.56 Å². The van der Waals surface area contributed by atoms with Gasteiger partial charge in [-0.25, -0.2) is 0 Å². The van der Waals surface area contributed by atoms with Gasteiger partial charge in [-0.3, -0.25) is 4.79 Å². The van der Waals surface area contributed by atoms with Gasteiger partial charge in [0.15, 0.2) is 0 Å². The van der Waals surface area contributed by atoms with Gasteiger partial charge in [0.1, 0.15) is 5.40 Å². The first kappa shape index (κ1) is 12.4. The van der Waals surface area contributed by atoms with Gasteiger partial charge in [-0.2, -0.15) is 5.26 Å². The zero-order valence-corrected chi connectivity index (χ0v) is 10.2. The van der Waals surface area contributed by atoms with E-state index in [1.807, 2.05) is 6.92 Å². The minimum Gasteiger partial charge on any atom is -0.290 e. The number of carbonyl (C=O) groups is 1. The number of hydrogen-bond acceptors (Lipinski definition) is 3. The maximum atomic E-state index is 11.7. The molecule has 0 heterocycles. The van der Waals surface area contributed by atoms with Crippen molar-refractivity contribution in [3.8, 4) is 5.40 Å². The van der Waals surface area contributed by atoms with Gasteiger partial charge in [0, 0.05) is 17.3 Å². The molecule has 5 heteroatoms.